The SMILES string of the molecule is CNc1cc(Nc2cccc([C@@H]3CCCOC3)n2)nc2c(C(=O)N[C@H]3C[C@H]3F)cnn12. The first-order valence-corrected chi connectivity index (χ1v) is 10.5. The number of amides is 1. The number of rotatable bonds is 6. The average molecular weight is 425 g/mol. The fourth-order valence-electron chi connectivity index (χ4n) is 3.78. The molecular weight excluding hydrogens is 401 g/mol. The topological polar surface area (TPSA) is 105 Å². The van der Waals surface area contributed by atoms with Gasteiger partial charge in [-0.2, -0.15) is 9.61 Å². The van der Waals surface area contributed by atoms with E-state index in [1.165, 1.54) is 6.20 Å². The Kier molecular flexibility index (Phi) is 5.14. The van der Waals surface area contributed by atoms with Crippen LogP contribution in [0.1, 0.15) is 41.2 Å². The van der Waals surface area contributed by atoms with Crippen LogP contribution in [-0.2, 0) is 4.74 Å². The number of nitrogens with zero attached hydrogens (tertiary/aromatic N) is 4. The predicted molar refractivity (Wildman–Crippen MR) is 114 cm³/mol. The molecule has 0 unspecified atom stereocenters. The molecule has 3 aromatic heterocycles. The maximum atomic E-state index is 13.2. The second-order valence-corrected chi connectivity index (χ2v) is 7.89. The molecule has 2 fully saturated rings. The Morgan fingerprint density at radius 1 is 1.29 bits per heavy atom. The molecule has 162 valence electrons. The lowest BCUT2D eigenvalue weighted by Crippen LogP contribution is -2.27. The van der Waals surface area contributed by atoms with Crippen molar-refractivity contribution in [2.45, 2.75) is 37.4 Å². The number of carbonyl (C=O) groups excluding carboxylic acids is 1. The van der Waals surface area contributed by atoms with Gasteiger partial charge in [-0.15, -0.1) is 0 Å². The molecule has 9 nitrogen and oxygen atoms in total. The molecule has 0 radical (unpaired) electrons. The van der Waals surface area contributed by atoms with Gasteiger partial charge in [0.1, 0.15) is 29.2 Å². The Bertz CT molecular complexity index is 1110. The van der Waals surface area contributed by atoms with Gasteiger partial charge >= 0.3 is 0 Å². The van der Waals surface area contributed by atoms with Crippen LogP contribution in [0.3, 0.4) is 0 Å². The highest BCUT2D eigenvalue weighted by Gasteiger charge is 2.39. The molecule has 0 aromatic carbocycles. The summed E-state index contributed by atoms with van der Waals surface area (Å²) < 4.78 is 20.3. The number of carbonyl (C=O) groups is 1. The number of halogens is 1. The minimum absolute atomic E-state index is 0.283. The van der Waals surface area contributed by atoms with Gasteiger partial charge in [-0.25, -0.2) is 14.4 Å². The van der Waals surface area contributed by atoms with Gasteiger partial charge in [0.15, 0.2) is 5.65 Å². The molecule has 0 bridgehead atoms. The van der Waals surface area contributed by atoms with Crippen LogP contribution in [0, 0.1) is 0 Å². The highest BCUT2D eigenvalue weighted by atomic mass is 19.1. The van der Waals surface area contributed by atoms with E-state index in [0.29, 0.717) is 41.7 Å². The largest absolute Gasteiger partial charge is 0.381 e. The highest BCUT2D eigenvalue weighted by Crippen LogP contribution is 2.27. The average Bonchev–Trinajstić information content (AvgIpc) is 3.31. The maximum absolute atomic E-state index is 13.2. The molecular formula is C21H24FN7O2. The Hall–Kier alpha value is -3.27. The summed E-state index contributed by atoms with van der Waals surface area (Å²) in [5.41, 5.74) is 1.65. The normalized spacial score (nSPS) is 22.8. The van der Waals surface area contributed by atoms with Crippen LogP contribution in [0.25, 0.3) is 5.65 Å². The molecule has 3 N–H and O–H groups in total. The van der Waals surface area contributed by atoms with Crippen molar-refractivity contribution in [2.75, 3.05) is 30.9 Å². The van der Waals surface area contributed by atoms with E-state index in [0.717, 1.165) is 25.1 Å². The van der Waals surface area contributed by atoms with E-state index in [4.69, 9.17) is 9.72 Å². The number of pyridine rings is 1. The summed E-state index contributed by atoms with van der Waals surface area (Å²) in [6, 6.07) is 7.20. The molecule has 1 amide bonds. The molecule has 5 rings (SSSR count). The van der Waals surface area contributed by atoms with Gasteiger partial charge in [0.05, 0.1) is 18.8 Å². The summed E-state index contributed by atoms with van der Waals surface area (Å²) >= 11 is 0. The first kappa shape index (κ1) is 19.7. The van der Waals surface area contributed by atoms with Crippen LogP contribution < -0.4 is 16.0 Å². The minimum atomic E-state index is -0.975. The van der Waals surface area contributed by atoms with Crippen molar-refractivity contribution in [3.8, 4) is 0 Å². The number of anilines is 3. The molecule has 3 atom stereocenters. The Morgan fingerprint density at radius 2 is 2.16 bits per heavy atom. The zero-order valence-electron chi connectivity index (χ0n) is 17.1. The van der Waals surface area contributed by atoms with E-state index >= 15 is 0 Å². The first-order chi connectivity index (χ1) is 15.1. The molecule has 3 aromatic rings. The van der Waals surface area contributed by atoms with Crippen molar-refractivity contribution < 1.29 is 13.9 Å². The zero-order valence-corrected chi connectivity index (χ0v) is 17.1. The summed E-state index contributed by atoms with van der Waals surface area (Å²) in [7, 11) is 1.76. The number of hydrogen-bond donors (Lipinski definition) is 3. The fourth-order valence-corrected chi connectivity index (χ4v) is 3.78. The van der Waals surface area contributed by atoms with Crippen LogP contribution in [0.5, 0.6) is 0 Å². The summed E-state index contributed by atoms with van der Waals surface area (Å²) in [6.07, 6.45) is 2.90. The van der Waals surface area contributed by atoms with Crippen LogP contribution in [0.15, 0.2) is 30.5 Å². The lowest BCUT2D eigenvalue weighted by atomic mass is 9.98. The van der Waals surface area contributed by atoms with Gasteiger partial charge in [0.2, 0.25) is 0 Å². The molecule has 0 spiro atoms. The van der Waals surface area contributed by atoms with Crippen molar-refractivity contribution in [3.05, 3.63) is 41.7 Å². The Morgan fingerprint density at radius 3 is 2.90 bits per heavy atom. The third kappa shape index (κ3) is 4.02. The quantitative estimate of drug-likeness (QED) is 0.558. The lowest BCUT2D eigenvalue weighted by molar-refractivity contribution is 0.0793. The van der Waals surface area contributed by atoms with Crippen LogP contribution in [-0.4, -0.2) is 58.0 Å². The van der Waals surface area contributed by atoms with Gasteiger partial charge in [-0.1, -0.05) is 6.07 Å². The van der Waals surface area contributed by atoms with Crippen molar-refractivity contribution >= 4 is 29.0 Å². The molecule has 31 heavy (non-hydrogen) atoms. The number of aromatic nitrogens is 4. The van der Waals surface area contributed by atoms with Gasteiger partial charge in [-0.3, -0.25) is 4.79 Å². The van der Waals surface area contributed by atoms with Crippen molar-refractivity contribution in [1.82, 2.24) is 24.9 Å². The van der Waals surface area contributed by atoms with E-state index in [2.05, 4.69) is 26.0 Å². The van der Waals surface area contributed by atoms with E-state index in [9.17, 15) is 9.18 Å². The van der Waals surface area contributed by atoms with E-state index in [1.54, 1.807) is 17.6 Å². The van der Waals surface area contributed by atoms with Crippen molar-refractivity contribution in [2.24, 2.45) is 0 Å². The second-order valence-electron chi connectivity index (χ2n) is 7.89. The Balaban J connectivity index is 1.43. The summed E-state index contributed by atoms with van der Waals surface area (Å²) in [4.78, 5) is 21.9. The zero-order chi connectivity index (χ0) is 21.4. The first-order valence-electron chi connectivity index (χ1n) is 10.5. The van der Waals surface area contributed by atoms with E-state index < -0.39 is 12.2 Å². The number of fused-ring (bicyclic) bond motifs is 1. The minimum Gasteiger partial charge on any atom is -0.381 e. The third-order valence-electron chi connectivity index (χ3n) is 5.61. The smallest absolute Gasteiger partial charge is 0.257 e. The molecule has 4 heterocycles. The molecule has 10 heteroatoms. The summed E-state index contributed by atoms with van der Waals surface area (Å²) in [6.45, 7) is 1.48. The van der Waals surface area contributed by atoms with E-state index in [1.807, 2.05) is 18.2 Å². The highest BCUT2D eigenvalue weighted by molar-refractivity contribution is 6.00. The lowest BCUT2D eigenvalue weighted by Gasteiger charge is -2.22. The van der Waals surface area contributed by atoms with E-state index in [-0.39, 0.29) is 11.8 Å². The molecule has 1 saturated heterocycles. The maximum Gasteiger partial charge on any atom is 0.257 e. The van der Waals surface area contributed by atoms with Gasteiger partial charge in [0.25, 0.3) is 5.91 Å². The summed E-state index contributed by atoms with van der Waals surface area (Å²) in [5, 5.41) is 13.2. The summed E-state index contributed by atoms with van der Waals surface area (Å²) in [5.74, 6) is 1.73. The molecule has 1 saturated carbocycles. The van der Waals surface area contributed by atoms with Gasteiger partial charge in [-0.05, 0) is 25.0 Å². The number of nitrogens with one attached hydrogen (secondary N) is 3. The predicted octanol–water partition coefficient (Wildman–Crippen LogP) is 2.64. The third-order valence-corrected chi connectivity index (χ3v) is 5.61. The number of ether oxygens (including phenoxy) is 1. The fraction of sp³-hybridized carbons (Fsp3) is 0.429. The number of hydrogen-bond acceptors (Lipinski definition) is 7. The van der Waals surface area contributed by atoms with Crippen LogP contribution >= 0.6 is 0 Å². The van der Waals surface area contributed by atoms with Crippen molar-refractivity contribution in [3.63, 3.8) is 0 Å². The standard InChI is InChI=1S/C21H24FN7O2/c1-23-19-9-18(27-17-6-2-5-15(25-17)12-4-3-7-31-11-12)28-20-13(10-24-29(19)20)21(30)26-16-8-14(16)22/h2,5-6,9-10,12,14,16,23H,3-4,7-8,11H2,1H3,(H,26,30)(H,25,27,28)/t12-,14-,16+/m1/s1. The second kappa shape index (κ2) is 8.10. The van der Waals surface area contributed by atoms with Gasteiger partial charge in [0, 0.05) is 37.8 Å². The Labute approximate surface area is 178 Å². The molecule has 2 aliphatic rings. The van der Waals surface area contributed by atoms with Gasteiger partial charge < -0.3 is 20.7 Å². The number of alkyl halides is 1. The van der Waals surface area contributed by atoms with Crippen LogP contribution in [0.4, 0.5) is 21.8 Å². The molecule has 1 aliphatic carbocycles. The van der Waals surface area contributed by atoms with Crippen molar-refractivity contribution in [1.29, 1.82) is 0 Å². The molecule has 1 aliphatic heterocycles. The monoisotopic (exact) mass is 425 g/mol. The van der Waals surface area contributed by atoms with Crippen LogP contribution in [0.2, 0.25) is 0 Å².